The van der Waals surface area contributed by atoms with E-state index in [4.69, 9.17) is 29.0 Å². The molecular weight excluding hydrogens is 579 g/mol. The molecule has 2 aromatic heterocycles. The van der Waals surface area contributed by atoms with Gasteiger partial charge in [-0.3, -0.25) is 13.9 Å². The number of hydrogen-bond acceptors (Lipinski definition) is 12. The predicted octanol–water partition coefficient (Wildman–Crippen LogP) is 3.74. The van der Waals surface area contributed by atoms with Crippen molar-refractivity contribution in [3.8, 4) is 11.6 Å². The highest BCUT2D eigenvalue weighted by atomic mass is 31.2. The van der Waals surface area contributed by atoms with Crippen LogP contribution in [-0.2, 0) is 23.4 Å². The van der Waals surface area contributed by atoms with Gasteiger partial charge in [-0.05, 0) is 39.1 Å². The molecule has 0 saturated carbocycles. The number of nitrogens with two attached hydrogens (primary N) is 1. The molecule has 4 aromatic rings. The van der Waals surface area contributed by atoms with Crippen molar-refractivity contribution in [2.75, 3.05) is 19.5 Å². The number of methoxy groups -OCH3 is 1. The molecular formula is C28H35N6O8P. The SMILES string of the molecule is COc1nc(N)nc2c1ncn2C1OC(COP(=O)(NC(C)C(=O)OC(C)C)Oc2cccc3ccccc23)CC1(C)O. The third-order valence-electron chi connectivity index (χ3n) is 6.80. The number of hydrogen-bond donors (Lipinski definition) is 3. The molecule has 2 aromatic carbocycles. The number of carbonyl (C=O) groups is 1. The van der Waals surface area contributed by atoms with Gasteiger partial charge in [0.05, 0.1) is 32.3 Å². The maximum atomic E-state index is 14.2. The Morgan fingerprint density at radius 2 is 1.98 bits per heavy atom. The first kappa shape index (κ1) is 30.6. The minimum Gasteiger partial charge on any atom is -0.479 e. The Bertz CT molecular complexity index is 1670. The fourth-order valence-electron chi connectivity index (χ4n) is 4.92. The number of aliphatic hydroxyl groups is 1. The summed E-state index contributed by atoms with van der Waals surface area (Å²) < 4.78 is 44.3. The summed E-state index contributed by atoms with van der Waals surface area (Å²) in [6.45, 7) is 6.28. The van der Waals surface area contributed by atoms with E-state index in [0.29, 0.717) is 22.3 Å². The average Bonchev–Trinajstić information content (AvgIpc) is 3.50. The summed E-state index contributed by atoms with van der Waals surface area (Å²) in [4.78, 5) is 25.2. The van der Waals surface area contributed by atoms with Crippen LogP contribution in [0.5, 0.6) is 11.6 Å². The fourth-order valence-corrected chi connectivity index (χ4v) is 6.46. The molecule has 1 aliphatic rings. The maximum absolute atomic E-state index is 14.2. The molecule has 1 fully saturated rings. The highest BCUT2D eigenvalue weighted by Gasteiger charge is 2.47. The third-order valence-corrected chi connectivity index (χ3v) is 8.43. The normalized spacial score (nSPS) is 22.5. The van der Waals surface area contributed by atoms with Crippen LogP contribution in [-0.4, -0.2) is 68.2 Å². The van der Waals surface area contributed by atoms with E-state index in [1.807, 2.05) is 30.3 Å². The molecule has 43 heavy (non-hydrogen) atoms. The van der Waals surface area contributed by atoms with Crippen LogP contribution in [0.3, 0.4) is 0 Å². The molecule has 230 valence electrons. The average molecular weight is 615 g/mol. The molecule has 5 atom stereocenters. The largest absolute Gasteiger partial charge is 0.479 e. The van der Waals surface area contributed by atoms with Crippen LogP contribution in [0.15, 0.2) is 48.8 Å². The summed E-state index contributed by atoms with van der Waals surface area (Å²) >= 11 is 0. The summed E-state index contributed by atoms with van der Waals surface area (Å²) in [5.74, 6) is -0.177. The quantitative estimate of drug-likeness (QED) is 0.164. The predicted molar refractivity (Wildman–Crippen MR) is 157 cm³/mol. The lowest BCUT2D eigenvalue weighted by molar-refractivity contribution is -0.149. The highest BCUT2D eigenvalue weighted by Crippen LogP contribution is 2.48. The van der Waals surface area contributed by atoms with Crippen molar-refractivity contribution in [3.63, 3.8) is 0 Å². The third kappa shape index (κ3) is 6.58. The zero-order chi connectivity index (χ0) is 30.9. The van der Waals surface area contributed by atoms with Crippen molar-refractivity contribution in [1.82, 2.24) is 24.6 Å². The zero-order valence-corrected chi connectivity index (χ0v) is 25.4. The van der Waals surface area contributed by atoms with E-state index in [0.717, 1.165) is 5.39 Å². The molecule has 1 aliphatic heterocycles. The molecule has 0 bridgehead atoms. The Hall–Kier alpha value is -3.81. The number of anilines is 1. The number of ether oxygens (including phenoxy) is 3. The first-order valence-electron chi connectivity index (χ1n) is 13.7. The van der Waals surface area contributed by atoms with Gasteiger partial charge in [0.1, 0.15) is 17.4 Å². The van der Waals surface area contributed by atoms with Gasteiger partial charge < -0.3 is 29.6 Å². The van der Waals surface area contributed by atoms with Crippen LogP contribution in [0.1, 0.15) is 40.3 Å². The van der Waals surface area contributed by atoms with Crippen molar-refractivity contribution < 1.29 is 37.7 Å². The van der Waals surface area contributed by atoms with Crippen LogP contribution >= 0.6 is 7.75 Å². The number of fused-ring (bicyclic) bond motifs is 2. The van der Waals surface area contributed by atoms with Gasteiger partial charge in [0, 0.05) is 11.8 Å². The summed E-state index contributed by atoms with van der Waals surface area (Å²) in [5.41, 5.74) is 5.09. The van der Waals surface area contributed by atoms with Gasteiger partial charge in [0.15, 0.2) is 17.4 Å². The molecule has 0 amide bonds. The number of rotatable bonds is 11. The van der Waals surface area contributed by atoms with E-state index in [1.165, 1.54) is 24.9 Å². The Balaban J connectivity index is 1.38. The van der Waals surface area contributed by atoms with Crippen LogP contribution < -0.4 is 20.1 Å². The number of nitrogen functional groups attached to an aromatic ring is 1. The number of carbonyl (C=O) groups excluding carboxylic acids is 1. The van der Waals surface area contributed by atoms with Crippen molar-refractivity contribution >= 4 is 41.6 Å². The fraction of sp³-hybridized carbons (Fsp3) is 0.429. The summed E-state index contributed by atoms with van der Waals surface area (Å²) in [7, 11) is -2.78. The Morgan fingerprint density at radius 3 is 2.72 bits per heavy atom. The first-order chi connectivity index (χ1) is 20.4. The van der Waals surface area contributed by atoms with Crippen LogP contribution in [0.2, 0.25) is 0 Å². The molecule has 5 unspecified atom stereocenters. The Labute approximate surface area is 248 Å². The lowest BCUT2D eigenvalue weighted by atomic mass is 10.0. The second kappa shape index (κ2) is 12.1. The van der Waals surface area contributed by atoms with Gasteiger partial charge in [0.2, 0.25) is 11.8 Å². The summed E-state index contributed by atoms with van der Waals surface area (Å²) in [5, 5.41) is 15.6. The molecule has 14 nitrogen and oxygen atoms in total. The van der Waals surface area contributed by atoms with Crippen LogP contribution in [0.25, 0.3) is 21.9 Å². The highest BCUT2D eigenvalue weighted by molar-refractivity contribution is 7.52. The van der Waals surface area contributed by atoms with E-state index in [2.05, 4.69) is 20.0 Å². The summed E-state index contributed by atoms with van der Waals surface area (Å²) in [6, 6.07) is 11.7. The second-order valence-electron chi connectivity index (χ2n) is 10.8. The zero-order valence-electron chi connectivity index (χ0n) is 24.5. The van der Waals surface area contributed by atoms with Gasteiger partial charge in [0.25, 0.3) is 0 Å². The number of nitrogens with zero attached hydrogens (tertiary/aromatic N) is 4. The van der Waals surface area contributed by atoms with E-state index >= 15 is 0 Å². The Kier molecular flexibility index (Phi) is 8.59. The molecule has 1 saturated heterocycles. The topological polar surface area (TPSA) is 182 Å². The van der Waals surface area contributed by atoms with Gasteiger partial charge >= 0.3 is 13.7 Å². The van der Waals surface area contributed by atoms with Crippen molar-refractivity contribution in [3.05, 3.63) is 48.8 Å². The number of nitrogens with one attached hydrogen (secondary N) is 1. The van der Waals surface area contributed by atoms with Gasteiger partial charge in [-0.1, -0.05) is 36.4 Å². The number of aromatic nitrogens is 4. The number of esters is 1. The lowest BCUT2D eigenvalue weighted by Gasteiger charge is -2.25. The molecule has 15 heteroatoms. The molecule has 5 rings (SSSR count). The second-order valence-corrected chi connectivity index (χ2v) is 12.5. The lowest BCUT2D eigenvalue weighted by Crippen LogP contribution is -2.36. The van der Waals surface area contributed by atoms with Gasteiger partial charge in [-0.2, -0.15) is 15.1 Å². The molecule has 0 aliphatic carbocycles. The smallest absolute Gasteiger partial charge is 0.459 e. The van der Waals surface area contributed by atoms with Crippen molar-refractivity contribution in [1.29, 1.82) is 0 Å². The minimum atomic E-state index is -4.21. The monoisotopic (exact) mass is 614 g/mol. The standard InChI is InChI=1S/C28H35N6O8P/c1-16(2)40-25(35)17(3)33-43(37,42-21-12-8-10-18-9-6-7-11-20(18)21)39-14-19-13-28(4,36)26(41-19)34-15-30-22-23(34)31-27(29)32-24(22)38-5/h6-12,15-17,19,26,36H,13-14H2,1-5H3,(H,33,37)(H2,29,31,32). The maximum Gasteiger partial charge on any atom is 0.459 e. The van der Waals surface area contributed by atoms with Crippen LogP contribution in [0, 0.1) is 0 Å². The molecule has 4 N–H and O–H groups in total. The van der Waals surface area contributed by atoms with E-state index in [-0.39, 0.29) is 31.0 Å². The molecule has 0 radical (unpaired) electrons. The minimum absolute atomic E-state index is 0.0358. The van der Waals surface area contributed by atoms with Gasteiger partial charge in [-0.15, -0.1) is 0 Å². The van der Waals surface area contributed by atoms with Gasteiger partial charge in [-0.25, -0.2) is 9.55 Å². The Morgan fingerprint density at radius 1 is 1.23 bits per heavy atom. The summed E-state index contributed by atoms with van der Waals surface area (Å²) in [6.07, 6.45) is -0.503. The van der Waals surface area contributed by atoms with E-state index < -0.39 is 37.7 Å². The van der Waals surface area contributed by atoms with Crippen molar-refractivity contribution in [2.45, 2.75) is 64.2 Å². The van der Waals surface area contributed by atoms with E-state index in [9.17, 15) is 14.5 Å². The van der Waals surface area contributed by atoms with Crippen LogP contribution in [0.4, 0.5) is 5.95 Å². The molecule has 0 spiro atoms. The van der Waals surface area contributed by atoms with E-state index in [1.54, 1.807) is 32.9 Å². The first-order valence-corrected chi connectivity index (χ1v) is 15.3. The number of imidazole rings is 1. The number of benzene rings is 2. The molecule has 3 heterocycles. The van der Waals surface area contributed by atoms with Crippen molar-refractivity contribution in [2.24, 2.45) is 0 Å².